The van der Waals surface area contributed by atoms with Crippen molar-refractivity contribution >= 4 is 29.2 Å². The standard InChI is InChI=1S/C13H14N2O3S/c16-12(15-4-1-6-17-7-5-15)9-2-3-10-11(8-9)18-13(19)14-10/h2-3,8H,1,4-7H2,(H,14,19). The molecule has 1 N–H and O–H groups in total. The Kier molecular flexibility index (Phi) is 3.35. The van der Waals surface area contributed by atoms with Crippen LogP contribution in [-0.2, 0) is 4.74 Å². The fraction of sp³-hybridized carbons (Fsp3) is 0.385. The van der Waals surface area contributed by atoms with Crippen LogP contribution >= 0.6 is 12.2 Å². The normalized spacial score (nSPS) is 16.5. The highest BCUT2D eigenvalue weighted by Gasteiger charge is 2.18. The van der Waals surface area contributed by atoms with Crippen molar-refractivity contribution in [1.29, 1.82) is 0 Å². The summed E-state index contributed by atoms with van der Waals surface area (Å²) in [5.41, 5.74) is 2.04. The van der Waals surface area contributed by atoms with Crippen LogP contribution in [0.5, 0.6) is 0 Å². The van der Waals surface area contributed by atoms with Gasteiger partial charge in [0.05, 0.1) is 12.1 Å². The van der Waals surface area contributed by atoms with E-state index in [1.807, 2.05) is 11.0 Å². The third-order valence-corrected chi connectivity index (χ3v) is 3.36. The fourth-order valence-corrected chi connectivity index (χ4v) is 2.41. The van der Waals surface area contributed by atoms with Gasteiger partial charge in [0.2, 0.25) is 0 Å². The van der Waals surface area contributed by atoms with E-state index >= 15 is 0 Å². The van der Waals surface area contributed by atoms with E-state index < -0.39 is 0 Å². The highest BCUT2D eigenvalue weighted by atomic mass is 32.1. The van der Waals surface area contributed by atoms with Crippen molar-refractivity contribution in [3.05, 3.63) is 28.6 Å². The maximum Gasteiger partial charge on any atom is 0.266 e. The minimum absolute atomic E-state index is 0.00900. The molecule has 0 unspecified atom stereocenters. The second-order valence-electron chi connectivity index (χ2n) is 4.48. The minimum atomic E-state index is 0.00900. The number of aromatic nitrogens is 1. The predicted molar refractivity (Wildman–Crippen MR) is 72.7 cm³/mol. The first-order valence-electron chi connectivity index (χ1n) is 6.24. The summed E-state index contributed by atoms with van der Waals surface area (Å²) in [5, 5.41) is 0. The summed E-state index contributed by atoms with van der Waals surface area (Å²) in [6.45, 7) is 2.68. The van der Waals surface area contributed by atoms with Gasteiger partial charge >= 0.3 is 0 Å². The van der Waals surface area contributed by atoms with Gasteiger partial charge in [0.25, 0.3) is 10.7 Å². The number of nitrogens with zero attached hydrogens (tertiary/aromatic N) is 1. The molecule has 100 valence electrons. The van der Waals surface area contributed by atoms with Crippen LogP contribution in [0.25, 0.3) is 11.1 Å². The average molecular weight is 278 g/mol. The summed E-state index contributed by atoms with van der Waals surface area (Å²) < 4.78 is 10.7. The van der Waals surface area contributed by atoms with Gasteiger partial charge in [-0.2, -0.15) is 0 Å². The number of amides is 1. The molecule has 1 aromatic heterocycles. The summed E-state index contributed by atoms with van der Waals surface area (Å²) in [6.07, 6.45) is 0.874. The number of nitrogens with one attached hydrogen (secondary N) is 1. The first-order chi connectivity index (χ1) is 9.24. The topological polar surface area (TPSA) is 58.5 Å². The summed E-state index contributed by atoms with van der Waals surface area (Å²) >= 11 is 4.93. The van der Waals surface area contributed by atoms with Crippen molar-refractivity contribution in [2.45, 2.75) is 6.42 Å². The molecule has 0 radical (unpaired) electrons. The molecule has 1 fully saturated rings. The zero-order valence-corrected chi connectivity index (χ0v) is 11.2. The molecular formula is C13H14N2O3S. The van der Waals surface area contributed by atoms with Gasteiger partial charge in [-0.3, -0.25) is 4.79 Å². The molecule has 6 heteroatoms. The third kappa shape index (κ3) is 2.54. The number of oxazole rings is 1. The van der Waals surface area contributed by atoms with Crippen LogP contribution in [0, 0.1) is 4.84 Å². The Hall–Kier alpha value is -1.66. The Bertz CT molecular complexity index is 653. The van der Waals surface area contributed by atoms with Crippen molar-refractivity contribution < 1.29 is 13.9 Å². The van der Waals surface area contributed by atoms with E-state index in [-0.39, 0.29) is 5.91 Å². The van der Waals surface area contributed by atoms with Gasteiger partial charge < -0.3 is 19.0 Å². The van der Waals surface area contributed by atoms with Gasteiger partial charge in [0, 0.05) is 25.3 Å². The van der Waals surface area contributed by atoms with Crippen LogP contribution in [-0.4, -0.2) is 42.1 Å². The van der Waals surface area contributed by atoms with Gasteiger partial charge in [0.15, 0.2) is 5.58 Å². The van der Waals surface area contributed by atoms with Crippen molar-refractivity contribution in [2.24, 2.45) is 0 Å². The van der Waals surface area contributed by atoms with E-state index in [1.165, 1.54) is 0 Å². The smallest absolute Gasteiger partial charge is 0.266 e. The number of rotatable bonds is 1. The number of aromatic amines is 1. The van der Waals surface area contributed by atoms with Crippen LogP contribution < -0.4 is 0 Å². The fourth-order valence-electron chi connectivity index (χ4n) is 2.21. The Morgan fingerprint density at radius 1 is 1.32 bits per heavy atom. The zero-order chi connectivity index (χ0) is 13.2. The number of carbonyl (C=O) groups is 1. The Balaban J connectivity index is 1.89. The summed E-state index contributed by atoms with van der Waals surface area (Å²) in [4.78, 5) is 17.4. The SMILES string of the molecule is O=C(c1ccc2[nH]c(=S)oc2c1)N1CCCOCC1. The van der Waals surface area contributed by atoms with Crippen LogP contribution in [0.3, 0.4) is 0 Å². The third-order valence-electron chi connectivity index (χ3n) is 3.18. The summed E-state index contributed by atoms with van der Waals surface area (Å²) in [6, 6.07) is 5.34. The Morgan fingerprint density at radius 3 is 3.11 bits per heavy atom. The number of carbonyl (C=O) groups excluding carboxylic acids is 1. The summed E-state index contributed by atoms with van der Waals surface area (Å²) in [5.74, 6) is 0.00900. The molecule has 0 bridgehead atoms. The zero-order valence-electron chi connectivity index (χ0n) is 10.3. The monoisotopic (exact) mass is 278 g/mol. The lowest BCUT2D eigenvalue weighted by atomic mass is 10.1. The molecule has 1 aromatic carbocycles. The van der Waals surface area contributed by atoms with Gasteiger partial charge in [0.1, 0.15) is 0 Å². The van der Waals surface area contributed by atoms with E-state index in [0.717, 1.165) is 25.1 Å². The minimum Gasteiger partial charge on any atom is -0.429 e. The number of hydrogen-bond donors (Lipinski definition) is 1. The van der Waals surface area contributed by atoms with E-state index in [1.54, 1.807) is 12.1 Å². The highest BCUT2D eigenvalue weighted by Crippen LogP contribution is 2.17. The van der Waals surface area contributed by atoms with E-state index in [9.17, 15) is 4.79 Å². The average Bonchev–Trinajstić information content (AvgIpc) is 2.63. The molecular weight excluding hydrogens is 264 g/mol. The number of benzene rings is 1. The maximum absolute atomic E-state index is 12.4. The molecule has 1 aliphatic rings. The molecule has 2 heterocycles. The van der Waals surface area contributed by atoms with Crippen molar-refractivity contribution in [3.63, 3.8) is 0 Å². The van der Waals surface area contributed by atoms with Crippen molar-refractivity contribution in [3.8, 4) is 0 Å². The molecule has 0 saturated carbocycles. The van der Waals surface area contributed by atoms with E-state index in [0.29, 0.717) is 29.1 Å². The molecule has 19 heavy (non-hydrogen) atoms. The number of hydrogen-bond acceptors (Lipinski definition) is 4. The first-order valence-corrected chi connectivity index (χ1v) is 6.65. The molecule has 1 aliphatic heterocycles. The van der Waals surface area contributed by atoms with Gasteiger partial charge in [-0.15, -0.1) is 0 Å². The number of ether oxygens (including phenoxy) is 1. The molecule has 1 amide bonds. The lowest BCUT2D eigenvalue weighted by Crippen LogP contribution is -2.33. The molecule has 5 nitrogen and oxygen atoms in total. The van der Waals surface area contributed by atoms with Crippen LogP contribution in [0.4, 0.5) is 0 Å². The van der Waals surface area contributed by atoms with Gasteiger partial charge in [-0.1, -0.05) is 0 Å². The molecule has 1 saturated heterocycles. The number of fused-ring (bicyclic) bond motifs is 1. The number of H-pyrrole nitrogens is 1. The molecule has 3 rings (SSSR count). The van der Waals surface area contributed by atoms with Gasteiger partial charge in [-0.25, -0.2) is 0 Å². The maximum atomic E-state index is 12.4. The van der Waals surface area contributed by atoms with E-state index in [4.69, 9.17) is 21.4 Å². The second-order valence-corrected chi connectivity index (χ2v) is 4.85. The van der Waals surface area contributed by atoms with E-state index in [2.05, 4.69) is 4.98 Å². The Morgan fingerprint density at radius 2 is 2.21 bits per heavy atom. The van der Waals surface area contributed by atoms with Crippen LogP contribution in [0.2, 0.25) is 0 Å². The highest BCUT2D eigenvalue weighted by molar-refractivity contribution is 7.71. The van der Waals surface area contributed by atoms with Crippen LogP contribution in [0.1, 0.15) is 16.8 Å². The quantitative estimate of drug-likeness (QED) is 0.814. The van der Waals surface area contributed by atoms with Crippen LogP contribution in [0.15, 0.2) is 22.6 Å². The predicted octanol–water partition coefficient (Wildman–Crippen LogP) is 2.35. The van der Waals surface area contributed by atoms with Crippen molar-refractivity contribution in [1.82, 2.24) is 9.88 Å². The second kappa shape index (κ2) is 5.14. The molecule has 2 aromatic rings. The molecule has 0 aliphatic carbocycles. The Labute approximate surface area is 115 Å². The lowest BCUT2D eigenvalue weighted by molar-refractivity contribution is 0.0741. The van der Waals surface area contributed by atoms with Gasteiger partial charge in [-0.05, 0) is 36.8 Å². The largest absolute Gasteiger partial charge is 0.429 e. The van der Waals surface area contributed by atoms with Crippen molar-refractivity contribution in [2.75, 3.05) is 26.3 Å². The molecule has 0 atom stereocenters. The summed E-state index contributed by atoms with van der Waals surface area (Å²) in [7, 11) is 0. The lowest BCUT2D eigenvalue weighted by Gasteiger charge is -2.19. The first kappa shape index (κ1) is 12.4. The molecule has 0 spiro atoms.